The van der Waals surface area contributed by atoms with Crippen molar-refractivity contribution < 1.29 is 19.0 Å². The van der Waals surface area contributed by atoms with Gasteiger partial charge in [0.2, 0.25) is 23.5 Å². The molecule has 0 radical (unpaired) electrons. The predicted octanol–water partition coefficient (Wildman–Crippen LogP) is 5.31. The van der Waals surface area contributed by atoms with E-state index >= 15 is 0 Å². The van der Waals surface area contributed by atoms with E-state index in [1.165, 1.54) is 18.2 Å². The maximum Gasteiger partial charge on any atom is 0.340 e. The first-order valence-corrected chi connectivity index (χ1v) is 19.5. The van der Waals surface area contributed by atoms with Crippen molar-refractivity contribution in [3.63, 3.8) is 0 Å². The van der Waals surface area contributed by atoms with E-state index in [1.54, 1.807) is 30.6 Å². The maximum atomic E-state index is 13.0. The molecule has 0 fully saturated rings. The number of allylic oxidation sites excluding steroid dienone is 1. The fraction of sp³-hybridized carbons (Fsp3) is 0.200. The van der Waals surface area contributed by atoms with Gasteiger partial charge in [-0.15, -0.1) is 0 Å². The van der Waals surface area contributed by atoms with Gasteiger partial charge in [-0.1, -0.05) is 48.5 Å². The fourth-order valence-corrected chi connectivity index (χ4v) is 8.96. The van der Waals surface area contributed by atoms with E-state index in [1.807, 2.05) is 81.7 Å². The minimum absolute atomic E-state index is 0.0213. The molecule has 3 aliphatic rings. The molecule has 2 aliphatic heterocycles. The minimum atomic E-state index is -0.573. The minimum Gasteiger partial charge on any atom is -0.465 e. The van der Waals surface area contributed by atoms with Crippen molar-refractivity contribution >= 4 is 5.97 Å². The van der Waals surface area contributed by atoms with Crippen LogP contribution in [-0.2, 0) is 36.0 Å². The van der Waals surface area contributed by atoms with Crippen LogP contribution in [0.25, 0.3) is 11.4 Å². The summed E-state index contributed by atoms with van der Waals surface area (Å²) in [6.07, 6.45) is 10.7. The Hall–Kier alpha value is -7.86. The number of fused-ring (bicyclic) bond motifs is 3. The summed E-state index contributed by atoms with van der Waals surface area (Å²) in [5.41, 5.74) is 23.4. The highest BCUT2D eigenvalue weighted by molar-refractivity contribution is 5.92. The molecule has 298 valence electrons. The standard InChI is InChI=1S/C45H39N11O4/c1-25-35-37(39(45(57)58-3)42(48)60-43(35)53(2)51-25)27-10-14-33(15-11-27)55-21-31(50-24-55)22-56-44-38(40(52-56)30-18-28-6-4-5-7-29(28)19-30)36(34(20-46)41(47)59-44)26-8-12-32(13-9-26)54-17-16-49-23-54/h4-17,21,23-24,30,36-37H,18-19,22,47-48H2,1-3H3. The van der Waals surface area contributed by atoms with Gasteiger partial charge in [-0.2, -0.15) is 15.5 Å². The first-order chi connectivity index (χ1) is 29.2. The lowest BCUT2D eigenvalue weighted by molar-refractivity contribution is -0.136. The zero-order valence-corrected chi connectivity index (χ0v) is 33.0. The summed E-state index contributed by atoms with van der Waals surface area (Å²) in [7, 11) is 3.09. The number of carbonyl (C=O) groups is 1. The van der Waals surface area contributed by atoms with E-state index in [2.05, 4.69) is 40.4 Å². The average molecular weight is 798 g/mol. The Morgan fingerprint density at radius 2 is 1.53 bits per heavy atom. The molecule has 4 aromatic heterocycles. The van der Waals surface area contributed by atoms with Gasteiger partial charge >= 0.3 is 5.97 Å². The van der Waals surface area contributed by atoms with E-state index in [0.717, 1.165) is 63.6 Å². The normalized spacial score (nSPS) is 17.1. The zero-order valence-electron chi connectivity index (χ0n) is 33.0. The third kappa shape index (κ3) is 5.91. The molecule has 3 aromatic carbocycles. The number of rotatable bonds is 8. The topological polar surface area (TPSA) is 192 Å². The largest absolute Gasteiger partial charge is 0.465 e. The molecule has 0 bridgehead atoms. The third-order valence-electron chi connectivity index (χ3n) is 11.7. The lowest BCUT2D eigenvalue weighted by atomic mass is 9.81. The van der Waals surface area contributed by atoms with Crippen LogP contribution in [0.3, 0.4) is 0 Å². The van der Waals surface area contributed by atoms with Crippen molar-refractivity contribution in [1.82, 2.24) is 38.7 Å². The van der Waals surface area contributed by atoms with Crippen LogP contribution in [0.2, 0.25) is 0 Å². The van der Waals surface area contributed by atoms with Gasteiger partial charge in [0.05, 0.1) is 60.8 Å². The van der Waals surface area contributed by atoms with Crippen LogP contribution in [0.15, 0.2) is 127 Å². The second-order valence-corrected chi connectivity index (χ2v) is 15.2. The Labute approximate surface area is 344 Å². The molecule has 10 rings (SSSR count). The van der Waals surface area contributed by atoms with Gasteiger partial charge < -0.3 is 34.8 Å². The van der Waals surface area contributed by atoms with Crippen molar-refractivity contribution in [2.45, 2.75) is 44.1 Å². The summed E-state index contributed by atoms with van der Waals surface area (Å²) >= 11 is 0. The summed E-state index contributed by atoms with van der Waals surface area (Å²) in [6, 6.07) is 26.7. The second kappa shape index (κ2) is 14.2. The number of nitrogens with two attached hydrogens (primary N) is 2. The first-order valence-electron chi connectivity index (χ1n) is 19.5. The van der Waals surface area contributed by atoms with Crippen molar-refractivity contribution in [2.75, 3.05) is 7.11 Å². The summed E-state index contributed by atoms with van der Waals surface area (Å²) < 4.78 is 24.6. The Morgan fingerprint density at radius 1 is 0.867 bits per heavy atom. The molecule has 0 saturated carbocycles. The number of nitrogens with zero attached hydrogens (tertiary/aromatic N) is 9. The fourth-order valence-electron chi connectivity index (χ4n) is 8.96. The van der Waals surface area contributed by atoms with E-state index in [9.17, 15) is 10.1 Å². The number of hydrogen-bond donors (Lipinski definition) is 2. The molecule has 4 N–H and O–H groups in total. The number of esters is 1. The zero-order chi connectivity index (χ0) is 41.2. The highest BCUT2D eigenvalue weighted by Gasteiger charge is 2.41. The molecule has 6 heterocycles. The summed E-state index contributed by atoms with van der Waals surface area (Å²) in [5.74, 6) is -0.545. The molecule has 1 aliphatic carbocycles. The Balaban J connectivity index is 0.997. The number of carbonyl (C=O) groups excluding carboxylic acids is 1. The van der Waals surface area contributed by atoms with E-state index in [0.29, 0.717) is 17.3 Å². The smallest absolute Gasteiger partial charge is 0.340 e. The number of aromatic nitrogens is 8. The molecular weight excluding hydrogens is 759 g/mol. The third-order valence-corrected chi connectivity index (χ3v) is 11.7. The van der Waals surface area contributed by atoms with Gasteiger partial charge in [-0.25, -0.2) is 24.1 Å². The van der Waals surface area contributed by atoms with Crippen LogP contribution in [0.5, 0.6) is 11.8 Å². The Morgan fingerprint density at radius 3 is 2.18 bits per heavy atom. The van der Waals surface area contributed by atoms with Crippen LogP contribution in [-0.4, -0.2) is 51.7 Å². The Kier molecular flexibility index (Phi) is 8.64. The molecule has 15 nitrogen and oxygen atoms in total. The van der Waals surface area contributed by atoms with Crippen LogP contribution in [0, 0.1) is 18.3 Å². The highest BCUT2D eigenvalue weighted by atomic mass is 16.5. The van der Waals surface area contributed by atoms with Crippen LogP contribution in [0.4, 0.5) is 0 Å². The van der Waals surface area contributed by atoms with Gasteiger partial charge in [-0.3, -0.25) is 0 Å². The Bertz CT molecular complexity index is 2900. The lowest BCUT2D eigenvalue weighted by Crippen LogP contribution is -2.27. The quantitative estimate of drug-likeness (QED) is 0.189. The number of imidazole rings is 2. The second-order valence-electron chi connectivity index (χ2n) is 15.2. The number of aryl methyl sites for hydroxylation is 2. The van der Waals surface area contributed by atoms with E-state index in [-0.39, 0.29) is 29.8 Å². The molecule has 7 aromatic rings. The SMILES string of the molecule is COC(=O)C1=C(N)Oc2c(c(C)nn2C)C1c1ccc(-n2cnc(Cn3nc(C4Cc5ccccc5C4)c4c3OC(N)=C(C#N)C4c3ccc(-n4ccnc4)cc3)c2)cc1. The molecule has 15 heteroatoms. The number of benzene rings is 3. The van der Waals surface area contributed by atoms with Crippen molar-refractivity contribution in [3.05, 3.63) is 177 Å². The van der Waals surface area contributed by atoms with Gasteiger partial charge in [-0.05, 0) is 66.3 Å². The van der Waals surface area contributed by atoms with Crippen LogP contribution >= 0.6 is 0 Å². The summed E-state index contributed by atoms with van der Waals surface area (Å²) in [6.45, 7) is 2.16. The average Bonchev–Trinajstić information content (AvgIpc) is 4.12. The van der Waals surface area contributed by atoms with E-state index < -0.39 is 17.8 Å². The van der Waals surface area contributed by atoms with Crippen LogP contribution < -0.4 is 20.9 Å². The molecule has 2 atom stereocenters. The number of methoxy groups -OCH3 is 1. The molecule has 0 amide bonds. The number of nitriles is 1. The van der Waals surface area contributed by atoms with Crippen molar-refractivity contribution in [2.24, 2.45) is 18.5 Å². The molecule has 60 heavy (non-hydrogen) atoms. The molecule has 0 saturated heterocycles. The monoisotopic (exact) mass is 797 g/mol. The van der Waals surface area contributed by atoms with Gasteiger partial charge in [0.1, 0.15) is 17.2 Å². The van der Waals surface area contributed by atoms with Gasteiger partial charge in [0.25, 0.3) is 0 Å². The predicted molar refractivity (Wildman–Crippen MR) is 218 cm³/mol. The van der Waals surface area contributed by atoms with E-state index in [4.69, 9.17) is 35.8 Å². The maximum absolute atomic E-state index is 13.0. The first kappa shape index (κ1) is 36.5. The lowest BCUT2D eigenvalue weighted by Gasteiger charge is -2.26. The number of hydrogen-bond acceptors (Lipinski definition) is 11. The van der Waals surface area contributed by atoms with Gasteiger partial charge in [0.15, 0.2) is 0 Å². The molecular formula is C45H39N11O4. The van der Waals surface area contributed by atoms with Crippen molar-refractivity contribution in [3.8, 4) is 29.2 Å². The highest BCUT2D eigenvalue weighted by Crippen LogP contribution is 2.49. The molecule has 2 unspecified atom stereocenters. The number of ether oxygens (including phenoxy) is 3. The van der Waals surface area contributed by atoms with Crippen molar-refractivity contribution in [1.29, 1.82) is 5.26 Å². The molecule has 0 spiro atoms. The van der Waals surface area contributed by atoms with Gasteiger partial charge in [0, 0.05) is 48.5 Å². The summed E-state index contributed by atoms with van der Waals surface area (Å²) in [4.78, 5) is 22.0. The van der Waals surface area contributed by atoms with Crippen LogP contribution in [0.1, 0.15) is 68.2 Å². The summed E-state index contributed by atoms with van der Waals surface area (Å²) in [5, 5.41) is 20.3.